The summed E-state index contributed by atoms with van der Waals surface area (Å²) in [4.78, 5) is 12.4. The lowest BCUT2D eigenvalue weighted by Crippen LogP contribution is -2.14. The molecule has 1 rings (SSSR count). The minimum absolute atomic E-state index is 0.0225. The number of Topliss-reactive ketones (excluding diaryl/α,β-unsaturated/α-hetero) is 1. The van der Waals surface area contributed by atoms with Crippen LogP contribution in [0.25, 0.3) is 0 Å². The molecule has 0 aliphatic rings. The van der Waals surface area contributed by atoms with Gasteiger partial charge in [0.25, 0.3) is 0 Å². The summed E-state index contributed by atoms with van der Waals surface area (Å²) in [5.74, 6) is -0.0225. The molecular formula is C9H10BrNOS. The Morgan fingerprint density at radius 3 is 2.85 bits per heavy atom. The number of hydrogen-bond donors (Lipinski definition) is 1. The second kappa shape index (κ2) is 4.79. The molecule has 70 valence electrons. The van der Waals surface area contributed by atoms with Crippen molar-refractivity contribution in [1.29, 1.82) is 0 Å². The van der Waals surface area contributed by atoms with E-state index < -0.39 is 0 Å². The highest BCUT2D eigenvalue weighted by Crippen LogP contribution is 2.24. The lowest BCUT2D eigenvalue weighted by molar-refractivity contribution is 0.0998. The third-order valence-electron chi connectivity index (χ3n) is 1.65. The van der Waals surface area contributed by atoms with Crippen LogP contribution in [0.4, 0.5) is 0 Å². The zero-order valence-electron chi connectivity index (χ0n) is 7.21. The molecule has 0 aromatic heterocycles. The van der Waals surface area contributed by atoms with Crippen LogP contribution in [0, 0.1) is 0 Å². The topological polar surface area (TPSA) is 43.1 Å². The number of benzene rings is 1. The van der Waals surface area contributed by atoms with Crippen molar-refractivity contribution in [2.24, 2.45) is 5.73 Å². The normalized spacial score (nSPS) is 10.1. The van der Waals surface area contributed by atoms with Gasteiger partial charge < -0.3 is 5.73 Å². The molecule has 2 nitrogen and oxygen atoms in total. The predicted octanol–water partition coefficient (Wildman–Crippen LogP) is 2.31. The van der Waals surface area contributed by atoms with Crippen molar-refractivity contribution in [1.82, 2.24) is 0 Å². The Kier molecular flexibility index (Phi) is 3.96. The van der Waals surface area contributed by atoms with Crippen LogP contribution in [0.3, 0.4) is 0 Å². The highest BCUT2D eigenvalue weighted by molar-refractivity contribution is 9.10. The molecule has 0 saturated heterocycles. The fourth-order valence-electron chi connectivity index (χ4n) is 1.01. The van der Waals surface area contributed by atoms with Crippen molar-refractivity contribution in [2.75, 3.05) is 12.8 Å². The molecule has 0 amide bonds. The number of carbonyl (C=O) groups excluding carboxylic acids is 1. The molecule has 0 aliphatic carbocycles. The van der Waals surface area contributed by atoms with E-state index in [1.54, 1.807) is 17.8 Å². The van der Waals surface area contributed by atoms with E-state index in [1.807, 2.05) is 18.4 Å². The Labute approximate surface area is 90.0 Å². The fourth-order valence-corrected chi connectivity index (χ4v) is 1.97. The monoisotopic (exact) mass is 259 g/mol. The van der Waals surface area contributed by atoms with Gasteiger partial charge in [-0.2, -0.15) is 0 Å². The fraction of sp³-hybridized carbons (Fsp3) is 0.222. The molecule has 0 aliphatic heterocycles. The van der Waals surface area contributed by atoms with Crippen LogP contribution < -0.4 is 5.73 Å². The Balaban J connectivity index is 3.15. The molecule has 0 unspecified atom stereocenters. The summed E-state index contributed by atoms with van der Waals surface area (Å²) in [6.07, 6.45) is 1.94. The van der Waals surface area contributed by atoms with Crippen LogP contribution in [0.5, 0.6) is 0 Å². The van der Waals surface area contributed by atoms with E-state index in [0.717, 1.165) is 9.37 Å². The van der Waals surface area contributed by atoms with Crippen LogP contribution >= 0.6 is 27.7 Å². The Morgan fingerprint density at radius 2 is 2.31 bits per heavy atom. The molecule has 4 heteroatoms. The van der Waals surface area contributed by atoms with Gasteiger partial charge in [-0.25, -0.2) is 0 Å². The summed E-state index contributed by atoms with van der Waals surface area (Å²) in [5, 5.41) is 0. The van der Waals surface area contributed by atoms with Crippen LogP contribution in [-0.4, -0.2) is 18.6 Å². The van der Waals surface area contributed by atoms with Gasteiger partial charge in [-0.3, -0.25) is 4.79 Å². The number of ketones is 1. The van der Waals surface area contributed by atoms with Crippen LogP contribution in [0.2, 0.25) is 0 Å². The number of hydrogen-bond acceptors (Lipinski definition) is 3. The molecule has 0 atom stereocenters. The number of halogens is 1. The molecule has 2 N–H and O–H groups in total. The SMILES string of the molecule is CSc1ccc(Br)cc1C(=O)CN. The number of carbonyl (C=O) groups is 1. The van der Waals surface area contributed by atoms with Crippen LogP contribution in [0.1, 0.15) is 10.4 Å². The molecule has 0 radical (unpaired) electrons. The van der Waals surface area contributed by atoms with Crippen molar-refractivity contribution in [2.45, 2.75) is 4.90 Å². The van der Waals surface area contributed by atoms with Gasteiger partial charge in [0, 0.05) is 14.9 Å². The summed E-state index contributed by atoms with van der Waals surface area (Å²) in [6.45, 7) is 0.0595. The Hall–Kier alpha value is -0.320. The van der Waals surface area contributed by atoms with Crippen molar-refractivity contribution in [3.63, 3.8) is 0 Å². The molecule has 1 aromatic carbocycles. The maximum Gasteiger partial charge on any atom is 0.177 e. The molecule has 0 spiro atoms. The van der Waals surface area contributed by atoms with E-state index in [4.69, 9.17) is 5.73 Å². The van der Waals surface area contributed by atoms with Gasteiger partial charge in [0.2, 0.25) is 0 Å². The molecule has 1 aromatic rings. The van der Waals surface area contributed by atoms with Gasteiger partial charge in [0.05, 0.1) is 6.54 Å². The summed E-state index contributed by atoms with van der Waals surface area (Å²) in [7, 11) is 0. The largest absolute Gasteiger partial charge is 0.324 e. The van der Waals surface area contributed by atoms with Gasteiger partial charge in [0.1, 0.15) is 0 Å². The highest BCUT2D eigenvalue weighted by atomic mass is 79.9. The Morgan fingerprint density at radius 1 is 1.62 bits per heavy atom. The molecule has 0 fully saturated rings. The first-order chi connectivity index (χ1) is 6.19. The molecule has 0 heterocycles. The van der Waals surface area contributed by atoms with Gasteiger partial charge in [-0.05, 0) is 24.5 Å². The molecule has 0 bridgehead atoms. The Bertz CT molecular complexity index is 327. The molecule has 0 saturated carbocycles. The standard InChI is InChI=1S/C9H10BrNOS/c1-13-9-3-2-6(10)4-7(9)8(12)5-11/h2-4H,5,11H2,1H3. The van der Waals surface area contributed by atoms with Gasteiger partial charge in [-0.15, -0.1) is 11.8 Å². The van der Waals surface area contributed by atoms with Crippen molar-refractivity contribution >= 4 is 33.5 Å². The van der Waals surface area contributed by atoms with E-state index in [2.05, 4.69) is 15.9 Å². The minimum Gasteiger partial charge on any atom is -0.324 e. The summed E-state index contributed by atoms with van der Waals surface area (Å²) in [5.41, 5.74) is 6.00. The quantitative estimate of drug-likeness (QED) is 0.670. The average Bonchev–Trinajstić information content (AvgIpc) is 2.16. The maximum absolute atomic E-state index is 11.4. The summed E-state index contributed by atoms with van der Waals surface area (Å²) in [6, 6.07) is 5.64. The second-order valence-corrected chi connectivity index (χ2v) is 4.24. The van der Waals surface area contributed by atoms with Crippen molar-refractivity contribution in [3.8, 4) is 0 Å². The number of nitrogens with two attached hydrogens (primary N) is 1. The lowest BCUT2D eigenvalue weighted by Gasteiger charge is -2.04. The first-order valence-electron chi connectivity index (χ1n) is 3.76. The first kappa shape index (κ1) is 10.8. The molecule has 13 heavy (non-hydrogen) atoms. The van der Waals surface area contributed by atoms with Gasteiger partial charge in [-0.1, -0.05) is 15.9 Å². The summed E-state index contributed by atoms with van der Waals surface area (Å²) >= 11 is 4.87. The third kappa shape index (κ3) is 2.56. The number of rotatable bonds is 3. The number of thioether (sulfide) groups is 1. The van der Waals surface area contributed by atoms with E-state index >= 15 is 0 Å². The average molecular weight is 260 g/mol. The van der Waals surface area contributed by atoms with Crippen molar-refractivity contribution in [3.05, 3.63) is 28.2 Å². The van der Waals surface area contributed by atoms with Gasteiger partial charge >= 0.3 is 0 Å². The smallest absolute Gasteiger partial charge is 0.177 e. The van der Waals surface area contributed by atoms with E-state index in [-0.39, 0.29) is 12.3 Å². The zero-order chi connectivity index (χ0) is 9.84. The lowest BCUT2D eigenvalue weighted by atomic mass is 10.1. The summed E-state index contributed by atoms with van der Waals surface area (Å²) < 4.78 is 0.905. The third-order valence-corrected chi connectivity index (χ3v) is 2.94. The second-order valence-electron chi connectivity index (χ2n) is 2.47. The zero-order valence-corrected chi connectivity index (χ0v) is 9.61. The van der Waals surface area contributed by atoms with E-state index in [9.17, 15) is 4.79 Å². The van der Waals surface area contributed by atoms with Crippen molar-refractivity contribution < 1.29 is 4.79 Å². The van der Waals surface area contributed by atoms with Crippen LogP contribution in [0.15, 0.2) is 27.6 Å². The highest BCUT2D eigenvalue weighted by Gasteiger charge is 2.09. The van der Waals surface area contributed by atoms with E-state index in [1.165, 1.54) is 0 Å². The first-order valence-corrected chi connectivity index (χ1v) is 5.77. The van der Waals surface area contributed by atoms with Gasteiger partial charge in [0.15, 0.2) is 5.78 Å². The predicted molar refractivity (Wildman–Crippen MR) is 59.3 cm³/mol. The molecular weight excluding hydrogens is 250 g/mol. The van der Waals surface area contributed by atoms with E-state index in [0.29, 0.717) is 5.56 Å². The maximum atomic E-state index is 11.4. The van der Waals surface area contributed by atoms with Crippen LogP contribution in [-0.2, 0) is 0 Å². The minimum atomic E-state index is -0.0225.